The second kappa shape index (κ2) is 11.0. The minimum atomic E-state index is -0.542. The van der Waals surface area contributed by atoms with Gasteiger partial charge in [0.15, 0.2) is 11.5 Å². The van der Waals surface area contributed by atoms with Gasteiger partial charge in [0.2, 0.25) is 0 Å². The molecule has 1 atom stereocenters. The average Bonchev–Trinajstić information content (AvgIpc) is 3.01. The van der Waals surface area contributed by atoms with Gasteiger partial charge in [-0.3, -0.25) is 4.68 Å². The SMILES string of the molecule is CCN(CC)C[C@H](O)COc1cc(CNCc2cn(C)nc2C)ccc1OC. The molecule has 1 aromatic heterocycles. The predicted octanol–water partition coefficient (Wildman–Crippen LogP) is 2.11. The van der Waals surface area contributed by atoms with E-state index in [4.69, 9.17) is 9.47 Å². The van der Waals surface area contributed by atoms with Crippen LogP contribution in [-0.4, -0.2) is 59.2 Å². The van der Waals surface area contributed by atoms with Crippen LogP contribution in [0.5, 0.6) is 11.5 Å². The fourth-order valence-electron chi connectivity index (χ4n) is 3.13. The number of aromatic nitrogens is 2. The molecule has 0 fully saturated rings. The number of aliphatic hydroxyl groups excluding tert-OH is 1. The van der Waals surface area contributed by atoms with Crippen molar-refractivity contribution in [3.63, 3.8) is 0 Å². The molecule has 7 nitrogen and oxygen atoms in total. The molecule has 2 rings (SSSR count). The summed E-state index contributed by atoms with van der Waals surface area (Å²) in [6, 6.07) is 5.88. The van der Waals surface area contributed by atoms with Gasteiger partial charge in [-0.2, -0.15) is 5.10 Å². The highest BCUT2D eigenvalue weighted by Crippen LogP contribution is 2.28. The lowest BCUT2D eigenvalue weighted by Gasteiger charge is -2.22. The molecule has 2 N–H and O–H groups in total. The maximum Gasteiger partial charge on any atom is 0.161 e. The monoisotopic (exact) mass is 390 g/mol. The molecule has 2 aromatic rings. The van der Waals surface area contributed by atoms with E-state index in [1.165, 1.54) is 5.56 Å². The van der Waals surface area contributed by atoms with Crippen LogP contribution < -0.4 is 14.8 Å². The summed E-state index contributed by atoms with van der Waals surface area (Å²) in [6.07, 6.45) is 1.49. The van der Waals surface area contributed by atoms with Gasteiger partial charge in [0.1, 0.15) is 12.7 Å². The molecule has 156 valence electrons. The first-order valence-corrected chi connectivity index (χ1v) is 9.86. The molecule has 0 saturated carbocycles. The molecule has 28 heavy (non-hydrogen) atoms. The highest BCUT2D eigenvalue weighted by molar-refractivity contribution is 5.43. The second-order valence-corrected chi connectivity index (χ2v) is 6.95. The summed E-state index contributed by atoms with van der Waals surface area (Å²) >= 11 is 0. The largest absolute Gasteiger partial charge is 0.493 e. The van der Waals surface area contributed by atoms with E-state index in [0.29, 0.717) is 24.6 Å². The summed E-state index contributed by atoms with van der Waals surface area (Å²) in [6.45, 7) is 10.3. The van der Waals surface area contributed by atoms with Gasteiger partial charge in [-0.1, -0.05) is 19.9 Å². The van der Waals surface area contributed by atoms with Crippen LogP contribution in [0.4, 0.5) is 0 Å². The maximum absolute atomic E-state index is 10.2. The molecule has 7 heteroatoms. The second-order valence-electron chi connectivity index (χ2n) is 6.95. The molecule has 0 amide bonds. The number of aliphatic hydroxyl groups is 1. The number of nitrogens with one attached hydrogen (secondary N) is 1. The fraction of sp³-hybridized carbons (Fsp3) is 0.571. The number of benzene rings is 1. The van der Waals surface area contributed by atoms with E-state index in [0.717, 1.165) is 30.9 Å². The van der Waals surface area contributed by atoms with Gasteiger partial charge < -0.3 is 24.8 Å². The number of nitrogens with zero attached hydrogens (tertiary/aromatic N) is 3. The molecule has 0 spiro atoms. The zero-order chi connectivity index (χ0) is 20.5. The third kappa shape index (κ3) is 6.51. The number of ether oxygens (including phenoxy) is 2. The summed E-state index contributed by atoms with van der Waals surface area (Å²) in [7, 11) is 3.55. The van der Waals surface area contributed by atoms with Gasteiger partial charge >= 0.3 is 0 Å². The average molecular weight is 391 g/mol. The Hall–Kier alpha value is -2.09. The molecule has 1 aromatic carbocycles. The number of methoxy groups -OCH3 is 1. The zero-order valence-corrected chi connectivity index (χ0v) is 17.7. The molecule has 0 aliphatic rings. The lowest BCUT2D eigenvalue weighted by molar-refractivity contribution is 0.0705. The van der Waals surface area contributed by atoms with E-state index in [-0.39, 0.29) is 6.61 Å². The van der Waals surface area contributed by atoms with E-state index in [1.807, 2.05) is 43.0 Å². The topological polar surface area (TPSA) is 71.8 Å². The van der Waals surface area contributed by atoms with Crippen molar-refractivity contribution in [2.24, 2.45) is 7.05 Å². The Morgan fingerprint density at radius 1 is 1.21 bits per heavy atom. The van der Waals surface area contributed by atoms with Gasteiger partial charge in [-0.25, -0.2) is 0 Å². The van der Waals surface area contributed by atoms with Crippen molar-refractivity contribution in [3.8, 4) is 11.5 Å². The molecule has 0 unspecified atom stereocenters. The molecule has 0 aliphatic heterocycles. The van der Waals surface area contributed by atoms with Crippen molar-refractivity contribution in [1.29, 1.82) is 0 Å². The van der Waals surface area contributed by atoms with E-state index in [9.17, 15) is 5.11 Å². The number of rotatable bonds is 12. The highest BCUT2D eigenvalue weighted by atomic mass is 16.5. The summed E-state index contributed by atoms with van der Waals surface area (Å²) < 4.78 is 13.1. The first kappa shape index (κ1) is 22.2. The van der Waals surface area contributed by atoms with E-state index < -0.39 is 6.10 Å². The summed E-state index contributed by atoms with van der Waals surface area (Å²) in [5, 5.41) is 18.0. The van der Waals surface area contributed by atoms with Crippen LogP contribution in [0.15, 0.2) is 24.4 Å². The van der Waals surface area contributed by atoms with Gasteiger partial charge in [0.25, 0.3) is 0 Å². The Kier molecular flexibility index (Phi) is 8.76. The van der Waals surface area contributed by atoms with Crippen LogP contribution >= 0.6 is 0 Å². The Morgan fingerprint density at radius 3 is 2.57 bits per heavy atom. The molecular formula is C21H34N4O3. The predicted molar refractivity (Wildman–Crippen MR) is 111 cm³/mol. The molecule has 0 saturated heterocycles. The number of hydrogen-bond donors (Lipinski definition) is 2. The van der Waals surface area contributed by atoms with Crippen LogP contribution in [0.2, 0.25) is 0 Å². The maximum atomic E-state index is 10.2. The van der Waals surface area contributed by atoms with Crippen molar-refractivity contribution < 1.29 is 14.6 Å². The molecule has 1 heterocycles. The van der Waals surface area contributed by atoms with Crippen molar-refractivity contribution >= 4 is 0 Å². The summed E-state index contributed by atoms with van der Waals surface area (Å²) in [4.78, 5) is 2.17. The van der Waals surface area contributed by atoms with Crippen molar-refractivity contribution in [2.75, 3.05) is 33.4 Å². The molecule has 0 bridgehead atoms. The van der Waals surface area contributed by atoms with E-state index in [2.05, 4.69) is 29.2 Å². The minimum Gasteiger partial charge on any atom is -0.493 e. The van der Waals surface area contributed by atoms with Gasteiger partial charge in [-0.05, 0) is 37.7 Å². The van der Waals surface area contributed by atoms with E-state index in [1.54, 1.807) is 7.11 Å². The van der Waals surface area contributed by atoms with Crippen LogP contribution in [0.1, 0.15) is 30.7 Å². The first-order chi connectivity index (χ1) is 13.5. The standard InChI is InChI=1S/C21H34N4O3/c1-6-25(7-2)14-19(26)15-28-21-10-17(8-9-20(21)27-5)11-22-12-18-13-24(4)23-16(18)3/h8-10,13,19,22,26H,6-7,11-12,14-15H2,1-5H3/t19-/m0/s1. The van der Waals surface area contributed by atoms with Crippen molar-refractivity contribution in [2.45, 2.75) is 40.0 Å². The third-order valence-electron chi connectivity index (χ3n) is 4.78. The molecule has 0 radical (unpaired) electrons. The number of aryl methyl sites for hydroxylation is 2. The third-order valence-corrected chi connectivity index (χ3v) is 4.78. The number of hydrogen-bond acceptors (Lipinski definition) is 6. The highest BCUT2D eigenvalue weighted by Gasteiger charge is 2.12. The van der Waals surface area contributed by atoms with E-state index >= 15 is 0 Å². The smallest absolute Gasteiger partial charge is 0.161 e. The van der Waals surface area contributed by atoms with Gasteiger partial charge in [0, 0.05) is 38.4 Å². The lowest BCUT2D eigenvalue weighted by atomic mass is 10.2. The van der Waals surface area contributed by atoms with Crippen LogP contribution in [0.3, 0.4) is 0 Å². The number of likely N-dealkylation sites (N-methyl/N-ethyl adjacent to an activating group) is 1. The van der Waals surface area contributed by atoms with Crippen molar-refractivity contribution in [1.82, 2.24) is 20.0 Å². The minimum absolute atomic E-state index is 0.235. The Bertz CT molecular complexity index is 728. The Balaban J connectivity index is 1.92. The first-order valence-electron chi connectivity index (χ1n) is 9.86. The quantitative estimate of drug-likeness (QED) is 0.578. The van der Waals surface area contributed by atoms with Crippen LogP contribution in [0, 0.1) is 6.92 Å². The summed E-state index contributed by atoms with van der Waals surface area (Å²) in [5.74, 6) is 1.32. The molecular weight excluding hydrogens is 356 g/mol. The van der Waals surface area contributed by atoms with Crippen LogP contribution in [-0.2, 0) is 20.1 Å². The zero-order valence-electron chi connectivity index (χ0n) is 17.7. The summed E-state index contributed by atoms with van der Waals surface area (Å²) in [5.41, 5.74) is 3.32. The van der Waals surface area contributed by atoms with Crippen LogP contribution in [0.25, 0.3) is 0 Å². The molecule has 0 aliphatic carbocycles. The fourth-order valence-corrected chi connectivity index (χ4v) is 3.13. The van der Waals surface area contributed by atoms with Gasteiger partial charge in [-0.15, -0.1) is 0 Å². The lowest BCUT2D eigenvalue weighted by Crippen LogP contribution is -2.35. The normalized spacial score (nSPS) is 12.4. The van der Waals surface area contributed by atoms with Crippen molar-refractivity contribution in [3.05, 3.63) is 41.2 Å². The Morgan fingerprint density at radius 2 is 1.96 bits per heavy atom. The van der Waals surface area contributed by atoms with Gasteiger partial charge in [0.05, 0.1) is 12.8 Å². The Labute approximate surface area is 168 Å².